The Morgan fingerprint density at radius 3 is 1.33 bits per heavy atom. The van der Waals surface area contributed by atoms with Crippen LogP contribution >= 0.6 is 15.2 Å². The average Bonchev–Trinajstić information content (AvgIpc) is 1.82. The minimum atomic E-state index is -5.31. The van der Waals surface area contributed by atoms with Crippen LogP contribution in [0.2, 0.25) is 0 Å². The van der Waals surface area contributed by atoms with Gasteiger partial charge in [0.05, 0.1) is 0 Å². The first-order chi connectivity index (χ1) is 5.56. The molecule has 12 heteroatoms. The van der Waals surface area contributed by atoms with Gasteiger partial charge in [0, 0.05) is 65.5 Å². The van der Waals surface area contributed by atoms with E-state index in [2.05, 4.69) is 0 Å². The Morgan fingerprint density at radius 1 is 1.00 bits per heavy atom. The molecule has 2 radical (unpaired) electrons. The summed E-state index contributed by atoms with van der Waals surface area (Å²) >= 11 is 0. The number of aliphatic hydroxyl groups is 1. The van der Waals surface area contributed by atoms with E-state index in [4.69, 9.17) is 30.4 Å². The fourth-order valence-electron chi connectivity index (χ4n) is 0.655. The summed E-state index contributed by atoms with van der Waals surface area (Å²) in [5.41, 5.74) is 4.86. The van der Waals surface area contributed by atoms with Gasteiger partial charge in [-0.15, -0.1) is 0 Å². The molecule has 0 aliphatic rings. The van der Waals surface area contributed by atoms with Crippen LogP contribution in [0.5, 0.6) is 0 Å². The van der Waals surface area contributed by atoms with Crippen LogP contribution in [0.1, 0.15) is 6.42 Å². The van der Waals surface area contributed by atoms with Crippen LogP contribution in [0, 0.1) is 0 Å². The average molecular weight is 281 g/mol. The summed E-state index contributed by atoms with van der Waals surface area (Å²) in [4.78, 5) is 34.1. The van der Waals surface area contributed by atoms with Gasteiger partial charge < -0.3 is 30.4 Å². The number of nitrogens with two attached hydrogens (primary N) is 1. The van der Waals surface area contributed by atoms with E-state index < -0.39 is 33.2 Å². The van der Waals surface area contributed by atoms with E-state index in [1.54, 1.807) is 0 Å². The smallest absolute Gasteiger partial charge is 0.367 e. The van der Waals surface area contributed by atoms with E-state index in [9.17, 15) is 9.13 Å². The molecular formula is C3H11NNa2O7P2. The van der Waals surface area contributed by atoms with Crippen molar-refractivity contribution in [2.75, 3.05) is 6.54 Å². The van der Waals surface area contributed by atoms with E-state index in [0.717, 1.165) is 0 Å². The van der Waals surface area contributed by atoms with Crippen molar-refractivity contribution in [2.45, 2.75) is 11.5 Å². The third kappa shape index (κ3) is 5.59. The zero-order valence-electron chi connectivity index (χ0n) is 8.44. The van der Waals surface area contributed by atoms with Gasteiger partial charge in [-0.2, -0.15) is 0 Å². The van der Waals surface area contributed by atoms with Crippen LogP contribution < -0.4 is 5.73 Å². The Bertz CT molecular complexity index is 251. The third-order valence-electron chi connectivity index (χ3n) is 1.41. The third-order valence-corrected chi connectivity index (χ3v) is 5.29. The maximum atomic E-state index is 10.6. The molecule has 0 aliphatic carbocycles. The molecule has 0 atom stereocenters. The van der Waals surface area contributed by atoms with Crippen LogP contribution in [-0.4, -0.2) is 95.4 Å². The molecule has 8 nitrogen and oxygen atoms in total. The van der Waals surface area contributed by atoms with Crippen LogP contribution in [-0.2, 0) is 9.13 Å². The summed E-state index contributed by atoms with van der Waals surface area (Å²) in [7, 11) is -10.6. The molecule has 0 aliphatic heterocycles. The zero-order valence-corrected chi connectivity index (χ0v) is 14.2. The van der Waals surface area contributed by atoms with Crippen molar-refractivity contribution in [1.29, 1.82) is 0 Å². The quantitative estimate of drug-likeness (QED) is 0.245. The predicted octanol–water partition coefficient (Wildman–Crippen LogP) is -2.42. The molecule has 0 aromatic rings. The summed E-state index contributed by atoms with van der Waals surface area (Å²) in [6.45, 7) is -0.452. The van der Waals surface area contributed by atoms with Gasteiger partial charge in [-0.25, -0.2) is 0 Å². The van der Waals surface area contributed by atoms with Crippen molar-refractivity contribution in [2.24, 2.45) is 5.73 Å². The fraction of sp³-hybridized carbons (Fsp3) is 1.00. The van der Waals surface area contributed by atoms with Crippen molar-refractivity contribution in [3.63, 3.8) is 0 Å². The van der Waals surface area contributed by atoms with Crippen LogP contribution in [0.4, 0.5) is 0 Å². The summed E-state index contributed by atoms with van der Waals surface area (Å²) in [5.74, 6) is 0. The summed E-state index contributed by atoms with van der Waals surface area (Å²) < 4.78 is 21.2. The standard InChI is InChI=1S/C3H11NO7P2.2Na/c4-2-1-3(5,12(6,7)8)13(9,10)11;;/h5H,1-2,4H2,(H2,6,7,8)(H2,9,10,11);;. The van der Waals surface area contributed by atoms with Gasteiger partial charge in [0.15, 0.2) is 0 Å². The molecule has 0 saturated carbocycles. The van der Waals surface area contributed by atoms with E-state index in [1.165, 1.54) is 0 Å². The van der Waals surface area contributed by atoms with E-state index in [-0.39, 0.29) is 59.1 Å². The van der Waals surface area contributed by atoms with Gasteiger partial charge in [-0.05, 0) is 6.54 Å². The zero-order chi connectivity index (χ0) is 10.9. The predicted molar refractivity (Wildman–Crippen MR) is 54.2 cm³/mol. The topological polar surface area (TPSA) is 161 Å². The number of hydrogen-bond acceptors (Lipinski definition) is 4. The molecule has 0 spiro atoms. The molecule has 0 heterocycles. The Morgan fingerprint density at radius 2 is 1.27 bits per heavy atom. The molecule has 7 N–H and O–H groups in total. The first-order valence-electron chi connectivity index (χ1n) is 3.10. The second-order valence-corrected chi connectivity index (χ2v) is 6.41. The van der Waals surface area contributed by atoms with Crippen LogP contribution in [0.25, 0.3) is 0 Å². The van der Waals surface area contributed by atoms with Gasteiger partial charge in [0.1, 0.15) is 0 Å². The second-order valence-electron chi connectivity index (χ2n) is 2.40. The van der Waals surface area contributed by atoms with E-state index >= 15 is 0 Å². The Labute approximate surface area is 131 Å². The molecule has 0 bridgehead atoms. The van der Waals surface area contributed by atoms with Crippen molar-refractivity contribution in [1.82, 2.24) is 0 Å². The molecule has 0 aromatic heterocycles. The Kier molecular flexibility index (Phi) is 11.4. The molecule has 0 fully saturated rings. The van der Waals surface area contributed by atoms with Crippen LogP contribution in [0.15, 0.2) is 0 Å². The van der Waals surface area contributed by atoms with E-state index in [1.807, 2.05) is 0 Å². The monoisotopic (exact) mass is 281 g/mol. The maximum Gasteiger partial charge on any atom is 0.369 e. The van der Waals surface area contributed by atoms with Gasteiger partial charge in [0.25, 0.3) is 5.08 Å². The van der Waals surface area contributed by atoms with Gasteiger partial charge in [-0.3, -0.25) is 9.13 Å². The molecular weight excluding hydrogens is 270 g/mol. The van der Waals surface area contributed by atoms with E-state index in [0.29, 0.717) is 0 Å². The van der Waals surface area contributed by atoms with Crippen molar-refractivity contribution in [3.05, 3.63) is 0 Å². The SMILES string of the molecule is NCCC(O)(P(=O)(O)O)P(=O)(O)O.[Na].[Na]. The molecule has 0 rings (SSSR count). The minimum absolute atomic E-state index is 0. The molecule has 15 heavy (non-hydrogen) atoms. The minimum Gasteiger partial charge on any atom is -0.367 e. The molecule has 0 amide bonds. The van der Waals surface area contributed by atoms with Gasteiger partial charge in [-0.1, -0.05) is 0 Å². The molecule has 0 unspecified atom stereocenters. The first-order valence-corrected chi connectivity index (χ1v) is 6.32. The molecule has 0 aromatic carbocycles. The fourth-order valence-corrected chi connectivity index (χ4v) is 2.85. The Balaban J connectivity index is -0.000000720. The molecule has 82 valence electrons. The van der Waals surface area contributed by atoms with Crippen molar-refractivity contribution < 1.29 is 33.8 Å². The van der Waals surface area contributed by atoms with Crippen molar-refractivity contribution >= 4 is 74.3 Å². The number of hydrogen-bond donors (Lipinski definition) is 6. The first kappa shape index (κ1) is 22.4. The largest absolute Gasteiger partial charge is 0.369 e. The van der Waals surface area contributed by atoms with Gasteiger partial charge in [0.2, 0.25) is 0 Å². The second kappa shape index (κ2) is 7.61. The summed E-state index contributed by atoms with van der Waals surface area (Å²) in [6.07, 6.45) is -0.873. The van der Waals surface area contributed by atoms with Crippen molar-refractivity contribution in [3.8, 4) is 0 Å². The summed E-state index contributed by atoms with van der Waals surface area (Å²) in [5, 5.41) is 5.71. The van der Waals surface area contributed by atoms with Gasteiger partial charge >= 0.3 is 15.2 Å². The molecule has 0 saturated heterocycles. The number of rotatable bonds is 4. The van der Waals surface area contributed by atoms with Crippen LogP contribution in [0.3, 0.4) is 0 Å². The Hall–Kier alpha value is 2.22. The normalized spacial score (nSPS) is 12.7. The maximum absolute atomic E-state index is 10.6. The summed E-state index contributed by atoms with van der Waals surface area (Å²) in [6, 6.07) is 0.